The second kappa shape index (κ2) is 8.89. The number of benzene rings is 2. The van der Waals surface area contributed by atoms with Crippen LogP contribution in [-0.2, 0) is 9.59 Å². The average molecular weight is 335 g/mol. The van der Waals surface area contributed by atoms with E-state index < -0.39 is 5.91 Å². The van der Waals surface area contributed by atoms with Crippen molar-refractivity contribution < 1.29 is 14.3 Å². The van der Waals surface area contributed by atoms with E-state index in [1.54, 1.807) is 55.7 Å². The first kappa shape index (κ1) is 17.8. The molecule has 2 aromatic carbocycles. The normalized spacial score (nSPS) is 10.1. The van der Waals surface area contributed by atoms with Crippen LogP contribution in [0.1, 0.15) is 12.0 Å². The zero-order valence-electron chi connectivity index (χ0n) is 13.7. The average Bonchev–Trinajstić information content (AvgIpc) is 2.62. The minimum absolute atomic E-state index is 0.250. The molecule has 0 aliphatic rings. The van der Waals surface area contributed by atoms with Gasteiger partial charge in [-0.05, 0) is 35.9 Å². The number of hydrogen-bond acceptors (Lipinski definition) is 4. The Kier molecular flexibility index (Phi) is 6.32. The molecule has 2 rings (SSSR count). The van der Waals surface area contributed by atoms with E-state index in [9.17, 15) is 9.59 Å². The number of ether oxygens (including phenoxy) is 1. The molecule has 2 amide bonds. The number of carbonyl (C=O) groups excluding carboxylic acids is 2. The Labute approximate surface area is 145 Å². The molecule has 0 unspecified atom stereocenters. The van der Waals surface area contributed by atoms with Gasteiger partial charge in [0, 0.05) is 6.08 Å². The summed E-state index contributed by atoms with van der Waals surface area (Å²) in [6.45, 7) is 0. The second-order valence-corrected chi connectivity index (χ2v) is 5.02. The summed E-state index contributed by atoms with van der Waals surface area (Å²) in [5.74, 6) is -0.0283. The van der Waals surface area contributed by atoms with E-state index in [-0.39, 0.29) is 12.3 Å². The van der Waals surface area contributed by atoms with Crippen LogP contribution in [0.4, 0.5) is 11.4 Å². The summed E-state index contributed by atoms with van der Waals surface area (Å²) < 4.78 is 5.08. The fraction of sp³-hybridized carbons (Fsp3) is 0.105. The lowest BCUT2D eigenvalue weighted by atomic mass is 10.2. The molecule has 25 heavy (non-hydrogen) atoms. The van der Waals surface area contributed by atoms with Crippen molar-refractivity contribution in [1.29, 1.82) is 5.26 Å². The number of methoxy groups -OCH3 is 1. The lowest BCUT2D eigenvalue weighted by molar-refractivity contribution is -0.115. The highest BCUT2D eigenvalue weighted by Gasteiger charge is 2.07. The van der Waals surface area contributed by atoms with Gasteiger partial charge in [0.2, 0.25) is 11.8 Å². The maximum absolute atomic E-state index is 12.1. The number of anilines is 2. The van der Waals surface area contributed by atoms with Crippen molar-refractivity contribution in [3.8, 4) is 11.8 Å². The summed E-state index contributed by atoms with van der Waals surface area (Å²) in [5.41, 5.74) is 1.75. The Balaban J connectivity index is 2.03. The van der Waals surface area contributed by atoms with Gasteiger partial charge in [-0.15, -0.1) is 0 Å². The molecule has 2 aromatic rings. The third-order valence-electron chi connectivity index (χ3n) is 3.24. The molecule has 0 saturated carbocycles. The number of nitrogens with one attached hydrogen (secondary N) is 2. The molecule has 0 aliphatic carbocycles. The van der Waals surface area contributed by atoms with Crippen molar-refractivity contribution in [2.45, 2.75) is 6.42 Å². The van der Waals surface area contributed by atoms with Crippen molar-refractivity contribution in [3.05, 3.63) is 60.2 Å². The summed E-state index contributed by atoms with van der Waals surface area (Å²) in [6.07, 6.45) is 2.82. The van der Waals surface area contributed by atoms with Crippen LogP contribution >= 0.6 is 0 Å². The molecule has 0 atom stereocenters. The minimum atomic E-state index is -0.432. The van der Waals surface area contributed by atoms with Crippen molar-refractivity contribution in [2.24, 2.45) is 0 Å². The van der Waals surface area contributed by atoms with E-state index in [2.05, 4.69) is 10.6 Å². The summed E-state index contributed by atoms with van der Waals surface area (Å²) in [7, 11) is 1.59. The molecule has 2 N–H and O–H groups in total. The molecule has 0 aliphatic heterocycles. The van der Waals surface area contributed by atoms with Crippen LogP contribution < -0.4 is 15.4 Å². The van der Waals surface area contributed by atoms with Gasteiger partial charge in [-0.25, -0.2) is 0 Å². The molecule has 0 bridgehead atoms. The SMILES string of the molecule is COc1ccc(/C=C/C(=O)Nc2ccccc2NC(=O)CC#N)cc1. The van der Waals surface area contributed by atoms with Crippen LogP contribution in [0.3, 0.4) is 0 Å². The van der Waals surface area contributed by atoms with E-state index in [1.165, 1.54) is 6.08 Å². The molecule has 126 valence electrons. The van der Waals surface area contributed by atoms with Crippen LogP contribution in [-0.4, -0.2) is 18.9 Å². The third-order valence-corrected chi connectivity index (χ3v) is 3.24. The van der Waals surface area contributed by atoms with Crippen LogP contribution in [0, 0.1) is 11.3 Å². The van der Waals surface area contributed by atoms with Gasteiger partial charge in [0.15, 0.2) is 0 Å². The number of hydrogen-bond donors (Lipinski definition) is 2. The van der Waals surface area contributed by atoms with Gasteiger partial charge in [0.1, 0.15) is 12.2 Å². The van der Waals surface area contributed by atoms with Gasteiger partial charge < -0.3 is 15.4 Å². The number of amides is 2. The monoisotopic (exact) mass is 335 g/mol. The number of carbonyl (C=O) groups is 2. The van der Waals surface area contributed by atoms with Gasteiger partial charge in [-0.3, -0.25) is 9.59 Å². The summed E-state index contributed by atoms with van der Waals surface area (Å²) in [5, 5.41) is 13.8. The van der Waals surface area contributed by atoms with Crippen molar-refractivity contribution >= 4 is 29.3 Å². The van der Waals surface area contributed by atoms with Crippen molar-refractivity contribution in [1.82, 2.24) is 0 Å². The van der Waals surface area contributed by atoms with E-state index in [4.69, 9.17) is 10.00 Å². The molecular formula is C19H17N3O3. The summed E-state index contributed by atoms with van der Waals surface area (Å²) in [6, 6.07) is 15.8. The lowest BCUT2D eigenvalue weighted by Gasteiger charge is -2.10. The van der Waals surface area contributed by atoms with Crippen LogP contribution in [0.15, 0.2) is 54.6 Å². The van der Waals surface area contributed by atoms with Gasteiger partial charge in [0.05, 0.1) is 24.6 Å². The fourth-order valence-corrected chi connectivity index (χ4v) is 2.03. The Hall–Kier alpha value is -3.59. The van der Waals surface area contributed by atoms with Crippen molar-refractivity contribution in [3.63, 3.8) is 0 Å². The van der Waals surface area contributed by atoms with Crippen LogP contribution in [0.25, 0.3) is 6.08 Å². The molecule has 6 heteroatoms. The number of para-hydroxylation sites is 2. The lowest BCUT2D eigenvalue weighted by Crippen LogP contribution is -2.14. The standard InChI is InChI=1S/C19H17N3O3/c1-25-15-9-6-14(7-10-15)8-11-18(23)21-16-4-2-3-5-17(16)22-19(24)12-13-20/h2-11H,12H2,1H3,(H,21,23)(H,22,24)/b11-8+. The Morgan fingerprint density at radius 1 is 1.08 bits per heavy atom. The van der Waals surface area contributed by atoms with E-state index >= 15 is 0 Å². The van der Waals surface area contributed by atoms with Crippen molar-refractivity contribution in [2.75, 3.05) is 17.7 Å². The number of nitrogens with zero attached hydrogens (tertiary/aromatic N) is 1. The summed E-state index contributed by atoms with van der Waals surface area (Å²) >= 11 is 0. The topological polar surface area (TPSA) is 91.2 Å². The number of nitriles is 1. The first-order chi connectivity index (χ1) is 12.1. The van der Waals surface area contributed by atoms with Gasteiger partial charge in [-0.2, -0.15) is 5.26 Å². The third kappa shape index (κ3) is 5.52. The zero-order valence-corrected chi connectivity index (χ0v) is 13.7. The number of rotatable bonds is 6. The second-order valence-electron chi connectivity index (χ2n) is 5.02. The Morgan fingerprint density at radius 2 is 1.72 bits per heavy atom. The maximum Gasteiger partial charge on any atom is 0.248 e. The van der Waals surface area contributed by atoms with Crippen LogP contribution in [0.5, 0.6) is 5.75 Å². The highest BCUT2D eigenvalue weighted by Crippen LogP contribution is 2.21. The first-order valence-electron chi connectivity index (χ1n) is 7.51. The Bertz CT molecular complexity index is 821. The van der Waals surface area contributed by atoms with Crippen LogP contribution in [0.2, 0.25) is 0 Å². The molecular weight excluding hydrogens is 318 g/mol. The van der Waals surface area contributed by atoms with E-state index in [0.29, 0.717) is 11.4 Å². The van der Waals surface area contributed by atoms with E-state index in [0.717, 1.165) is 11.3 Å². The Morgan fingerprint density at radius 3 is 2.32 bits per heavy atom. The highest BCUT2D eigenvalue weighted by molar-refractivity contribution is 6.05. The molecule has 0 fully saturated rings. The molecule has 0 spiro atoms. The zero-order chi connectivity index (χ0) is 18.1. The highest BCUT2D eigenvalue weighted by atomic mass is 16.5. The minimum Gasteiger partial charge on any atom is -0.497 e. The quantitative estimate of drug-likeness (QED) is 0.793. The molecule has 0 aromatic heterocycles. The van der Waals surface area contributed by atoms with E-state index in [1.807, 2.05) is 12.1 Å². The first-order valence-corrected chi connectivity index (χ1v) is 7.51. The fourth-order valence-electron chi connectivity index (χ4n) is 2.03. The summed E-state index contributed by atoms with van der Waals surface area (Å²) in [4.78, 5) is 23.6. The van der Waals surface area contributed by atoms with Gasteiger partial charge in [0.25, 0.3) is 0 Å². The largest absolute Gasteiger partial charge is 0.497 e. The smallest absolute Gasteiger partial charge is 0.248 e. The molecule has 0 saturated heterocycles. The molecule has 0 heterocycles. The maximum atomic E-state index is 12.1. The predicted molar refractivity (Wildman–Crippen MR) is 96.0 cm³/mol. The van der Waals surface area contributed by atoms with Gasteiger partial charge in [-0.1, -0.05) is 24.3 Å². The molecule has 0 radical (unpaired) electrons. The van der Waals surface area contributed by atoms with Gasteiger partial charge >= 0.3 is 0 Å². The molecule has 6 nitrogen and oxygen atoms in total. The predicted octanol–water partition coefficient (Wildman–Crippen LogP) is 3.20.